The highest BCUT2D eigenvalue weighted by Crippen LogP contribution is 2.32. The predicted octanol–water partition coefficient (Wildman–Crippen LogP) is 1.90. The van der Waals surface area contributed by atoms with Crippen LogP contribution in [0.2, 0.25) is 0 Å². The van der Waals surface area contributed by atoms with Crippen molar-refractivity contribution in [2.24, 2.45) is 11.7 Å². The number of benzene rings is 1. The maximum absolute atomic E-state index is 6.04. The molecule has 2 N–H and O–H groups in total. The minimum absolute atomic E-state index is 0.489. The van der Waals surface area contributed by atoms with E-state index in [4.69, 9.17) is 5.73 Å². The van der Waals surface area contributed by atoms with Gasteiger partial charge in [-0.2, -0.15) is 0 Å². The number of likely N-dealkylation sites (tertiary alicyclic amines) is 1. The first-order valence-corrected chi connectivity index (χ1v) is 9.07. The first-order valence-electron chi connectivity index (χ1n) is 9.07. The molecule has 2 aromatic heterocycles. The Bertz CT molecular complexity index is 817. The molecule has 26 heavy (non-hydrogen) atoms. The molecule has 0 spiro atoms. The molecule has 0 aliphatic carbocycles. The largest absolute Gasteiger partial charge is 0.330 e. The molecular formula is C20H24N6. The van der Waals surface area contributed by atoms with Crippen molar-refractivity contribution in [3.8, 4) is 0 Å². The van der Waals surface area contributed by atoms with Gasteiger partial charge in [-0.25, -0.2) is 4.68 Å². The first-order chi connectivity index (χ1) is 12.8. The Labute approximate surface area is 153 Å². The quantitative estimate of drug-likeness (QED) is 0.736. The second-order valence-corrected chi connectivity index (χ2v) is 6.98. The molecule has 3 heterocycles. The summed E-state index contributed by atoms with van der Waals surface area (Å²) < 4.78 is 1.87. The molecule has 0 bridgehead atoms. The zero-order chi connectivity index (χ0) is 17.8. The van der Waals surface area contributed by atoms with E-state index in [1.165, 1.54) is 5.56 Å². The molecule has 3 aromatic rings. The van der Waals surface area contributed by atoms with Gasteiger partial charge < -0.3 is 5.73 Å². The van der Waals surface area contributed by atoms with E-state index in [0.717, 1.165) is 30.9 Å². The second-order valence-electron chi connectivity index (χ2n) is 6.98. The zero-order valence-corrected chi connectivity index (χ0v) is 14.8. The van der Waals surface area contributed by atoms with Crippen LogP contribution in [0.5, 0.6) is 0 Å². The SMILES string of the molecule is NC[C@@H]1CN(Cc2cn(Cc3cccnc3)nn2)C[C@H]1c1ccccc1. The van der Waals surface area contributed by atoms with Crippen molar-refractivity contribution < 1.29 is 0 Å². The van der Waals surface area contributed by atoms with Crippen LogP contribution >= 0.6 is 0 Å². The van der Waals surface area contributed by atoms with Crippen LogP contribution in [0, 0.1) is 5.92 Å². The van der Waals surface area contributed by atoms with E-state index >= 15 is 0 Å². The van der Waals surface area contributed by atoms with E-state index < -0.39 is 0 Å². The van der Waals surface area contributed by atoms with Crippen LogP contribution < -0.4 is 5.73 Å². The van der Waals surface area contributed by atoms with Crippen LogP contribution in [0.1, 0.15) is 22.7 Å². The van der Waals surface area contributed by atoms with Crippen molar-refractivity contribution in [2.75, 3.05) is 19.6 Å². The zero-order valence-electron chi connectivity index (χ0n) is 14.8. The summed E-state index contributed by atoms with van der Waals surface area (Å²) in [5.74, 6) is 0.981. The molecule has 0 radical (unpaired) electrons. The number of hydrogen-bond acceptors (Lipinski definition) is 5. The third kappa shape index (κ3) is 3.81. The Morgan fingerprint density at radius 2 is 1.92 bits per heavy atom. The molecule has 4 rings (SSSR count). The van der Waals surface area contributed by atoms with E-state index in [9.17, 15) is 0 Å². The van der Waals surface area contributed by atoms with E-state index in [1.807, 2.05) is 29.2 Å². The Kier molecular flexibility index (Phi) is 5.04. The Hall–Kier alpha value is -2.57. The van der Waals surface area contributed by atoms with Crippen molar-refractivity contribution in [1.82, 2.24) is 24.9 Å². The number of hydrogen-bond donors (Lipinski definition) is 1. The van der Waals surface area contributed by atoms with Gasteiger partial charge in [0.25, 0.3) is 0 Å². The summed E-state index contributed by atoms with van der Waals surface area (Å²) >= 11 is 0. The number of aromatic nitrogens is 4. The van der Waals surface area contributed by atoms with Crippen LogP contribution in [0.25, 0.3) is 0 Å². The minimum Gasteiger partial charge on any atom is -0.330 e. The highest BCUT2D eigenvalue weighted by atomic mass is 15.4. The van der Waals surface area contributed by atoms with Crippen molar-refractivity contribution >= 4 is 0 Å². The van der Waals surface area contributed by atoms with E-state index in [0.29, 0.717) is 24.9 Å². The van der Waals surface area contributed by atoms with E-state index in [-0.39, 0.29) is 0 Å². The molecule has 2 atom stereocenters. The summed E-state index contributed by atoms with van der Waals surface area (Å²) in [7, 11) is 0. The molecule has 0 unspecified atom stereocenters. The fourth-order valence-corrected chi connectivity index (χ4v) is 3.80. The van der Waals surface area contributed by atoms with Gasteiger partial charge in [0.1, 0.15) is 0 Å². The lowest BCUT2D eigenvalue weighted by atomic mass is 9.89. The van der Waals surface area contributed by atoms with Crippen LogP contribution in [0.15, 0.2) is 61.1 Å². The van der Waals surface area contributed by atoms with Gasteiger partial charge in [-0.05, 0) is 29.7 Å². The van der Waals surface area contributed by atoms with Gasteiger partial charge in [0.05, 0.1) is 18.4 Å². The summed E-state index contributed by atoms with van der Waals surface area (Å²) in [6.45, 7) is 4.24. The fraction of sp³-hybridized carbons (Fsp3) is 0.350. The maximum Gasteiger partial charge on any atom is 0.0967 e. The van der Waals surface area contributed by atoms with Gasteiger partial charge >= 0.3 is 0 Å². The van der Waals surface area contributed by atoms with Gasteiger partial charge in [-0.1, -0.05) is 41.6 Å². The lowest BCUT2D eigenvalue weighted by Crippen LogP contribution is -2.23. The van der Waals surface area contributed by atoms with Gasteiger partial charge in [0.2, 0.25) is 0 Å². The predicted molar refractivity (Wildman–Crippen MR) is 100 cm³/mol. The molecule has 6 nitrogen and oxygen atoms in total. The highest BCUT2D eigenvalue weighted by molar-refractivity contribution is 5.22. The highest BCUT2D eigenvalue weighted by Gasteiger charge is 2.33. The minimum atomic E-state index is 0.489. The monoisotopic (exact) mass is 348 g/mol. The molecule has 1 saturated heterocycles. The summed E-state index contributed by atoms with van der Waals surface area (Å²) in [6.07, 6.45) is 5.67. The molecule has 134 valence electrons. The number of nitrogens with zero attached hydrogens (tertiary/aromatic N) is 5. The molecule has 1 aromatic carbocycles. The molecule has 0 saturated carbocycles. The Morgan fingerprint density at radius 3 is 2.69 bits per heavy atom. The summed E-state index contributed by atoms with van der Waals surface area (Å²) in [5.41, 5.74) is 9.54. The molecule has 1 fully saturated rings. The lowest BCUT2D eigenvalue weighted by molar-refractivity contribution is 0.313. The van der Waals surface area contributed by atoms with E-state index in [2.05, 4.69) is 50.5 Å². The topological polar surface area (TPSA) is 72.9 Å². The van der Waals surface area contributed by atoms with Crippen LogP contribution in [-0.4, -0.2) is 44.5 Å². The molecule has 1 aliphatic heterocycles. The first kappa shape index (κ1) is 16.9. The molecule has 6 heteroatoms. The van der Waals surface area contributed by atoms with Crippen molar-refractivity contribution in [2.45, 2.75) is 19.0 Å². The maximum atomic E-state index is 6.04. The van der Waals surface area contributed by atoms with E-state index in [1.54, 1.807) is 6.20 Å². The number of rotatable bonds is 6. The van der Waals surface area contributed by atoms with Crippen LogP contribution in [-0.2, 0) is 13.1 Å². The second kappa shape index (κ2) is 7.76. The van der Waals surface area contributed by atoms with Crippen LogP contribution in [0.4, 0.5) is 0 Å². The Morgan fingerprint density at radius 1 is 1.04 bits per heavy atom. The fourth-order valence-electron chi connectivity index (χ4n) is 3.80. The van der Waals surface area contributed by atoms with Crippen molar-refractivity contribution in [1.29, 1.82) is 0 Å². The molecule has 0 amide bonds. The molecular weight excluding hydrogens is 324 g/mol. The van der Waals surface area contributed by atoms with Gasteiger partial charge in [-0.3, -0.25) is 9.88 Å². The average Bonchev–Trinajstić information content (AvgIpc) is 3.30. The Balaban J connectivity index is 1.40. The standard InChI is InChI=1S/C20H24N6/c21-9-18-12-25(15-20(18)17-6-2-1-3-7-17)13-19-14-26(24-23-19)11-16-5-4-8-22-10-16/h1-8,10,14,18,20H,9,11-13,15,21H2/t18-,20+/m1/s1. The number of pyridine rings is 1. The summed E-state index contributed by atoms with van der Waals surface area (Å²) in [4.78, 5) is 6.58. The van der Waals surface area contributed by atoms with Crippen LogP contribution in [0.3, 0.4) is 0 Å². The summed E-state index contributed by atoms with van der Waals surface area (Å²) in [6, 6.07) is 14.7. The lowest BCUT2D eigenvalue weighted by Gasteiger charge is -2.16. The normalized spacial score (nSPS) is 20.5. The van der Waals surface area contributed by atoms with Crippen molar-refractivity contribution in [3.63, 3.8) is 0 Å². The van der Waals surface area contributed by atoms with Crippen molar-refractivity contribution in [3.05, 3.63) is 77.9 Å². The summed E-state index contributed by atoms with van der Waals surface area (Å²) in [5, 5.41) is 8.60. The third-order valence-corrected chi connectivity index (χ3v) is 5.09. The van der Waals surface area contributed by atoms with Gasteiger partial charge in [0, 0.05) is 37.9 Å². The van der Waals surface area contributed by atoms with Gasteiger partial charge in [-0.15, -0.1) is 5.10 Å². The molecule has 1 aliphatic rings. The third-order valence-electron chi connectivity index (χ3n) is 5.09. The average molecular weight is 348 g/mol. The number of nitrogens with two attached hydrogens (primary N) is 1. The smallest absolute Gasteiger partial charge is 0.0967 e. The van der Waals surface area contributed by atoms with Gasteiger partial charge in [0.15, 0.2) is 0 Å².